The van der Waals surface area contributed by atoms with Gasteiger partial charge in [-0.25, -0.2) is 0 Å². The molecule has 3 rings (SSSR count). The van der Waals surface area contributed by atoms with Crippen LogP contribution in [-0.2, 0) is 4.79 Å². The Morgan fingerprint density at radius 1 is 1.06 bits per heavy atom. The van der Waals surface area contributed by atoms with Gasteiger partial charge in [-0.15, -0.1) is 0 Å². The predicted molar refractivity (Wildman–Crippen MR) is 131 cm³/mol. The van der Waals surface area contributed by atoms with Crippen molar-refractivity contribution in [3.8, 4) is 11.1 Å². The van der Waals surface area contributed by atoms with E-state index < -0.39 is 0 Å². The Kier molecular flexibility index (Phi) is 7.96. The normalized spacial score (nSPS) is 15.4. The largest absolute Gasteiger partial charge is 0.352 e. The fourth-order valence-corrected chi connectivity index (χ4v) is 4.38. The van der Waals surface area contributed by atoms with E-state index in [1.807, 2.05) is 64.1 Å². The highest BCUT2D eigenvalue weighted by Gasteiger charge is 2.23. The second-order valence-corrected chi connectivity index (χ2v) is 10.3. The summed E-state index contributed by atoms with van der Waals surface area (Å²) in [5, 5.41) is 6.80. The molecule has 5 nitrogen and oxygen atoms in total. The molecular formula is C26H34ClN3O2. The lowest BCUT2D eigenvalue weighted by Crippen LogP contribution is -2.48. The van der Waals surface area contributed by atoms with E-state index in [1.54, 1.807) is 0 Å². The maximum Gasteiger partial charge on any atom is 0.251 e. The first-order chi connectivity index (χ1) is 15.1. The third kappa shape index (κ3) is 7.35. The van der Waals surface area contributed by atoms with Crippen molar-refractivity contribution in [3.63, 3.8) is 0 Å². The number of nitrogens with one attached hydrogen (secondary N) is 2. The third-order valence-electron chi connectivity index (χ3n) is 5.64. The summed E-state index contributed by atoms with van der Waals surface area (Å²) in [6.07, 6.45) is 1.95. The smallest absolute Gasteiger partial charge is 0.251 e. The molecule has 0 bridgehead atoms. The molecule has 2 aromatic rings. The number of rotatable bonds is 6. The van der Waals surface area contributed by atoms with E-state index in [0.717, 1.165) is 42.6 Å². The van der Waals surface area contributed by atoms with E-state index in [4.69, 9.17) is 11.6 Å². The van der Waals surface area contributed by atoms with Crippen LogP contribution in [0.2, 0.25) is 5.02 Å². The molecule has 2 amide bonds. The van der Waals surface area contributed by atoms with Crippen LogP contribution in [0.4, 0.5) is 0 Å². The number of aryl methyl sites for hydroxylation is 1. The lowest BCUT2D eigenvalue weighted by atomic mass is 9.96. The van der Waals surface area contributed by atoms with Crippen LogP contribution in [0.5, 0.6) is 0 Å². The molecule has 0 aliphatic carbocycles. The standard InChI is InChI=1S/C26H34ClN3O2/c1-18-12-22(15-23(27)13-18)20-6-5-7-21(14-20)25(32)28-16-19-8-10-30(11-9-19)17-24(31)29-26(2,3)4/h5-7,12-15,19H,8-11,16-17H2,1-4H3,(H,28,32)(H,29,31). The summed E-state index contributed by atoms with van der Waals surface area (Å²) in [5.74, 6) is 0.441. The molecule has 1 aliphatic rings. The van der Waals surface area contributed by atoms with Crippen molar-refractivity contribution < 1.29 is 9.59 Å². The number of hydrogen-bond donors (Lipinski definition) is 2. The van der Waals surface area contributed by atoms with Gasteiger partial charge in [-0.3, -0.25) is 14.5 Å². The van der Waals surface area contributed by atoms with E-state index in [2.05, 4.69) is 21.6 Å². The van der Waals surface area contributed by atoms with Crippen LogP contribution in [0.25, 0.3) is 11.1 Å². The fraction of sp³-hybridized carbons (Fsp3) is 0.462. The number of piperidine rings is 1. The molecule has 0 atom stereocenters. The van der Waals surface area contributed by atoms with Crippen LogP contribution in [0, 0.1) is 12.8 Å². The monoisotopic (exact) mass is 455 g/mol. The molecule has 172 valence electrons. The zero-order chi connectivity index (χ0) is 23.3. The van der Waals surface area contributed by atoms with Crippen molar-refractivity contribution in [1.82, 2.24) is 15.5 Å². The number of halogens is 1. The van der Waals surface area contributed by atoms with Crippen molar-refractivity contribution in [2.75, 3.05) is 26.2 Å². The molecule has 2 N–H and O–H groups in total. The first kappa shape index (κ1) is 24.3. The van der Waals surface area contributed by atoms with Crippen LogP contribution in [0.15, 0.2) is 42.5 Å². The molecule has 1 saturated heterocycles. The highest BCUT2D eigenvalue weighted by atomic mass is 35.5. The molecule has 1 aliphatic heterocycles. The first-order valence-corrected chi connectivity index (χ1v) is 11.7. The SMILES string of the molecule is Cc1cc(Cl)cc(-c2cccc(C(=O)NCC3CCN(CC(=O)NC(C)(C)C)CC3)c2)c1. The Morgan fingerprint density at radius 3 is 2.44 bits per heavy atom. The van der Waals surface area contributed by atoms with Gasteiger partial charge in [0.2, 0.25) is 5.91 Å². The van der Waals surface area contributed by atoms with E-state index >= 15 is 0 Å². The van der Waals surface area contributed by atoms with Crippen LogP contribution in [-0.4, -0.2) is 48.4 Å². The van der Waals surface area contributed by atoms with E-state index in [9.17, 15) is 9.59 Å². The highest BCUT2D eigenvalue weighted by molar-refractivity contribution is 6.31. The average molecular weight is 456 g/mol. The van der Waals surface area contributed by atoms with Gasteiger partial charge in [-0.1, -0.05) is 29.8 Å². The predicted octanol–water partition coefficient (Wildman–Crippen LogP) is 4.67. The van der Waals surface area contributed by atoms with E-state index in [0.29, 0.717) is 29.6 Å². The second kappa shape index (κ2) is 10.5. The highest BCUT2D eigenvalue weighted by Crippen LogP contribution is 2.25. The molecule has 0 spiro atoms. The van der Waals surface area contributed by atoms with Gasteiger partial charge in [0.25, 0.3) is 5.91 Å². The lowest BCUT2D eigenvalue weighted by Gasteiger charge is -2.32. The van der Waals surface area contributed by atoms with E-state index in [1.165, 1.54) is 0 Å². The van der Waals surface area contributed by atoms with Crippen molar-refractivity contribution in [1.29, 1.82) is 0 Å². The summed E-state index contributed by atoms with van der Waals surface area (Å²) < 4.78 is 0. The average Bonchev–Trinajstić information content (AvgIpc) is 2.71. The van der Waals surface area contributed by atoms with Crippen molar-refractivity contribution in [2.45, 2.75) is 46.1 Å². The van der Waals surface area contributed by atoms with E-state index in [-0.39, 0.29) is 17.4 Å². The molecule has 2 aromatic carbocycles. The minimum absolute atomic E-state index is 0.0578. The molecule has 0 aromatic heterocycles. The molecule has 6 heteroatoms. The van der Waals surface area contributed by atoms with Crippen molar-refractivity contribution in [2.24, 2.45) is 5.92 Å². The Hall–Kier alpha value is -2.37. The van der Waals surface area contributed by atoms with Gasteiger partial charge in [0.15, 0.2) is 0 Å². The molecule has 1 heterocycles. The van der Waals surface area contributed by atoms with Gasteiger partial charge in [-0.2, -0.15) is 0 Å². The molecule has 1 fully saturated rings. The summed E-state index contributed by atoms with van der Waals surface area (Å²) in [6, 6.07) is 13.6. The Morgan fingerprint density at radius 2 is 1.78 bits per heavy atom. The zero-order valence-electron chi connectivity index (χ0n) is 19.5. The first-order valence-electron chi connectivity index (χ1n) is 11.3. The van der Waals surface area contributed by atoms with Gasteiger partial charge >= 0.3 is 0 Å². The summed E-state index contributed by atoms with van der Waals surface area (Å²) in [4.78, 5) is 27.1. The number of likely N-dealkylation sites (tertiary alicyclic amines) is 1. The molecule has 32 heavy (non-hydrogen) atoms. The van der Waals surface area contributed by atoms with Crippen molar-refractivity contribution >= 4 is 23.4 Å². The lowest BCUT2D eigenvalue weighted by molar-refractivity contribution is -0.124. The molecule has 0 unspecified atom stereocenters. The van der Waals surface area contributed by atoms with Crippen LogP contribution in [0.3, 0.4) is 0 Å². The number of carbonyl (C=O) groups is 2. The van der Waals surface area contributed by atoms with Gasteiger partial charge in [0.1, 0.15) is 0 Å². The third-order valence-corrected chi connectivity index (χ3v) is 5.86. The van der Waals surface area contributed by atoms with Gasteiger partial charge in [0, 0.05) is 22.7 Å². The zero-order valence-corrected chi connectivity index (χ0v) is 20.3. The molecule has 0 saturated carbocycles. The summed E-state index contributed by atoms with van der Waals surface area (Å²) >= 11 is 6.20. The Bertz CT molecular complexity index is 940. The van der Waals surface area contributed by atoms with Gasteiger partial charge < -0.3 is 10.6 Å². The molecular weight excluding hydrogens is 422 g/mol. The molecule has 0 radical (unpaired) electrons. The van der Waals surface area contributed by atoms with Gasteiger partial charge in [0.05, 0.1) is 6.54 Å². The number of nitrogens with zero attached hydrogens (tertiary/aromatic N) is 1. The topological polar surface area (TPSA) is 61.4 Å². The van der Waals surface area contributed by atoms with Crippen LogP contribution >= 0.6 is 11.6 Å². The maximum atomic E-state index is 12.7. The quantitative estimate of drug-likeness (QED) is 0.665. The number of amides is 2. The maximum absolute atomic E-state index is 12.7. The number of benzene rings is 2. The summed E-state index contributed by atoms with van der Waals surface area (Å²) in [7, 11) is 0. The fourth-order valence-electron chi connectivity index (χ4n) is 4.09. The van der Waals surface area contributed by atoms with Gasteiger partial charge in [-0.05, 0) is 100 Å². The minimum atomic E-state index is -0.206. The minimum Gasteiger partial charge on any atom is -0.352 e. The Labute approximate surface area is 196 Å². The summed E-state index contributed by atoms with van der Waals surface area (Å²) in [6.45, 7) is 10.8. The van der Waals surface area contributed by atoms with Crippen molar-refractivity contribution in [3.05, 3.63) is 58.6 Å². The van der Waals surface area contributed by atoms with Crippen LogP contribution < -0.4 is 10.6 Å². The van der Waals surface area contributed by atoms with Crippen LogP contribution in [0.1, 0.15) is 49.5 Å². The second-order valence-electron chi connectivity index (χ2n) is 9.83. The summed E-state index contributed by atoms with van der Waals surface area (Å²) in [5.41, 5.74) is 3.52. The number of carbonyl (C=O) groups excluding carboxylic acids is 2. The Balaban J connectivity index is 1.49. The number of hydrogen-bond acceptors (Lipinski definition) is 3.